The molecule has 0 spiro atoms. The maximum Gasteiger partial charge on any atom is 0.156 e. The van der Waals surface area contributed by atoms with E-state index in [9.17, 15) is 4.79 Å². The molecule has 1 nitrogen and oxygen atoms in total. The van der Waals surface area contributed by atoms with Gasteiger partial charge in [-0.05, 0) is 35.6 Å². The maximum atomic E-state index is 11.0. The molecule has 72 valence electrons. The van der Waals surface area contributed by atoms with Crippen LogP contribution in [0, 0.1) is 0 Å². The van der Waals surface area contributed by atoms with E-state index in [0.29, 0.717) is 6.42 Å². The lowest BCUT2D eigenvalue weighted by Gasteiger charge is -2.01. The number of carbonyl (C=O) groups excluding carboxylic acids is 1. The highest BCUT2D eigenvalue weighted by atomic mass is 79.9. The third-order valence-corrected chi connectivity index (χ3v) is 3.55. The second-order valence-electron chi connectivity index (χ2n) is 3.14. The van der Waals surface area contributed by atoms with Crippen LogP contribution in [0.25, 0.3) is 0 Å². The summed E-state index contributed by atoms with van der Waals surface area (Å²) in [5.41, 5.74) is 0. The van der Waals surface area contributed by atoms with Gasteiger partial charge in [-0.1, -0.05) is 33.8 Å². The van der Waals surface area contributed by atoms with Gasteiger partial charge < -0.3 is 0 Å². The van der Waals surface area contributed by atoms with E-state index in [1.54, 1.807) is 17.8 Å². The van der Waals surface area contributed by atoms with Crippen molar-refractivity contribution in [2.75, 3.05) is 0 Å². The van der Waals surface area contributed by atoms with E-state index in [2.05, 4.69) is 28.1 Å². The molecule has 1 aliphatic carbocycles. The Morgan fingerprint density at radius 3 is 2.79 bits per heavy atom. The first-order valence-corrected chi connectivity index (χ1v) is 6.02. The summed E-state index contributed by atoms with van der Waals surface area (Å²) >= 11 is 5.10. The Hall–Kier alpha value is -0.540. The topological polar surface area (TPSA) is 17.1 Å². The van der Waals surface area contributed by atoms with E-state index < -0.39 is 0 Å². The zero-order chi connectivity index (χ0) is 9.97. The van der Waals surface area contributed by atoms with Gasteiger partial charge in [-0.15, -0.1) is 0 Å². The van der Waals surface area contributed by atoms with Gasteiger partial charge in [0.05, 0.1) is 0 Å². The van der Waals surface area contributed by atoms with Crippen LogP contribution < -0.4 is 0 Å². The van der Waals surface area contributed by atoms with Gasteiger partial charge >= 0.3 is 0 Å². The predicted octanol–water partition coefficient (Wildman–Crippen LogP) is 3.79. The second kappa shape index (κ2) is 4.32. The molecule has 0 amide bonds. The van der Waals surface area contributed by atoms with Crippen molar-refractivity contribution in [2.24, 2.45) is 0 Å². The molecule has 0 saturated carbocycles. The number of hydrogen-bond donors (Lipinski definition) is 0. The molecule has 0 heterocycles. The van der Waals surface area contributed by atoms with Gasteiger partial charge in [-0.25, -0.2) is 0 Å². The summed E-state index contributed by atoms with van der Waals surface area (Å²) in [7, 11) is 0. The Morgan fingerprint density at radius 1 is 1.29 bits per heavy atom. The molecular formula is C11H9BrOS. The van der Waals surface area contributed by atoms with Gasteiger partial charge in [-0.2, -0.15) is 0 Å². The molecule has 0 saturated heterocycles. The zero-order valence-electron chi connectivity index (χ0n) is 7.50. The van der Waals surface area contributed by atoms with Crippen molar-refractivity contribution in [3.8, 4) is 0 Å². The van der Waals surface area contributed by atoms with E-state index in [1.165, 1.54) is 9.80 Å². The molecule has 0 unspecified atom stereocenters. The van der Waals surface area contributed by atoms with Crippen LogP contribution >= 0.6 is 27.7 Å². The van der Waals surface area contributed by atoms with Crippen molar-refractivity contribution < 1.29 is 4.79 Å². The number of rotatable bonds is 2. The van der Waals surface area contributed by atoms with Crippen LogP contribution in [-0.2, 0) is 4.79 Å². The number of carbonyl (C=O) groups is 1. The van der Waals surface area contributed by atoms with Crippen molar-refractivity contribution in [2.45, 2.75) is 17.7 Å². The van der Waals surface area contributed by atoms with Gasteiger partial charge in [0.1, 0.15) is 0 Å². The van der Waals surface area contributed by atoms with Crippen LogP contribution in [0.4, 0.5) is 0 Å². The maximum absolute atomic E-state index is 11.0. The molecule has 3 heteroatoms. The molecular weight excluding hydrogens is 260 g/mol. The summed E-state index contributed by atoms with van der Waals surface area (Å²) in [5, 5.41) is 0. The van der Waals surface area contributed by atoms with E-state index in [1.807, 2.05) is 12.1 Å². The van der Waals surface area contributed by atoms with Gasteiger partial charge in [0.15, 0.2) is 5.78 Å². The molecule has 0 N–H and O–H groups in total. The summed E-state index contributed by atoms with van der Waals surface area (Å²) in [6, 6.07) is 8.12. The number of halogens is 1. The first-order chi connectivity index (χ1) is 6.74. The Kier molecular flexibility index (Phi) is 3.08. The molecule has 0 aromatic heterocycles. The Morgan fingerprint density at radius 2 is 2.14 bits per heavy atom. The number of thioether (sulfide) groups is 1. The Labute approximate surface area is 95.7 Å². The summed E-state index contributed by atoms with van der Waals surface area (Å²) < 4.78 is 1.08. The van der Waals surface area contributed by atoms with Gasteiger partial charge in [0, 0.05) is 15.8 Å². The summed E-state index contributed by atoms with van der Waals surface area (Å²) in [6.45, 7) is 0. The first kappa shape index (κ1) is 9.99. The Bertz CT molecular complexity index is 398. The van der Waals surface area contributed by atoms with Crippen LogP contribution in [0.3, 0.4) is 0 Å². The number of ketones is 1. The molecule has 0 radical (unpaired) electrons. The molecule has 1 aliphatic rings. The highest BCUT2D eigenvalue weighted by molar-refractivity contribution is 9.10. The molecule has 0 fully saturated rings. The van der Waals surface area contributed by atoms with Crippen molar-refractivity contribution >= 4 is 33.5 Å². The molecule has 14 heavy (non-hydrogen) atoms. The fourth-order valence-electron chi connectivity index (χ4n) is 1.33. The fourth-order valence-corrected chi connectivity index (χ4v) is 2.91. The minimum atomic E-state index is 0.252. The van der Waals surface area contributed by atoms with Crippen molar-refractivity contribution in [1.82, 2.24) is 0 Å². The SMILES string of the molecule is O=C1C=C(Sc2cccc(Br)c2)CC1. The predicted molar refractivity (Wildman–Crippen MR) is 62.3 cm³/mol. The van der Waals surface area contributed by atoms with Crippen LogP contribution in [0.2, 0.25) is 0 Å². The highest BCUT2D eigenvalue weighted by Crippen LogP contribution is 2.34. The lowest BCUT2D eigenvalue weighted by molar-refractivity contribution is -0.114. The van der Waals surface area contributed by atoms with Crippen LogP contribution in [0.15, 0.2) is 44.6 Å². The minimum absolute atomic E-state index is 0.252. The summed E-state index contributed by atoms with van der Waals surface area (Å²) in [6.07, 6.45) is 3.33. The van der Waals surface area contributed by atoms with Gasteiger partial charge in [0.2, 0.25) is 0 Å². The van der Waals surface area contributed by atoms with E-state index in [4.69, 9.17) is 0 Å². The normalized spacial score (nSPS) is 15.8. The van der Waals surface area contributed by atoms with E-state index >= 15 is 0 Å². The zero-order valence-corrected chi connectivity index (χ0v) is 9.90. The lowest BCUT2D eigenvalue weighted by Crippen LogP contribution is -1.80. The van der Waals surface area contributed by atoms with Gasteiger partial charge in [-0.3, -0.25) is 4.79 Å². The Balaban J connectivity index is 2.11. The number of hydrogen-bond acceptors (Lipinski definition) is 2. The summed E-state index contributed by atoms with van der Waals surface area (Å²) in [4.78, 5) is 13.4. The van der Waals surface area contributed by atoms with Crippen molar-refractivity contribution in [3.05, 3.63) is 39.7 Å². The number of benzene rings is 1. The average molecular weight is 269 g/mol. The molecule has 2 rings (SSSR count). The molecule has 0 atom stereocenters. The molecule has 1 aromatic rings. The van der Waals surface area contributed by atoms with E-state index in [0.717, 1.165) is 10.9 Å². The first-order valence-electron chi connectivity index (χ1n) is 4.41. The van der Waals surface area contributed by atoms with Crippen LogP contribution in [0.1, 0.15) is 12.8 Å². The standard InChI is InChI=1S/C11H9BrOS/c12-8-2-1-3-10(6-8)14-11-5-4-9(13)7-11/h1-3,6-7H,4-5H2. The van der Waals surface area contributed by atoms with Crippen LogP contribution in [-0.4, -0.2) is 5.78 Å². The minimum Gasteiger partial charge on any atom is -0.295 e. The molecule has 0 bridgehead atoms. The molecule has 1 aromatic carbocycles. The average Bonchev–Trinajstić information content (AvgIpc) is 2.51. The quantitative estimate of drug-likeness (QED) is 0.812. The number of allylic oxidation sites excluding steroid dienone is 2. The highest BCUT2D eigenvalue weighted by Gasteiger charge is 2.12. The van der Waals surface area contributed by atoms with Gasteiger partial charge in [0.25, 0.3) is 0 Å². The largest absolute Gasteiger partial charge is 0.295 e. The third kappa shape index (κ3) is 2.49. The lowest BCUT2D eigenvalue weighted by atomic mass is 10.3. The summed E-state index contributed by atoms with van der Waals surface area (Å²) in [5.74, 6) is 0.252. The fraction of sp³-hybridized carbons (Fsp3) is 0.182. The third-order valence-electron chi connectivity index (χ3n) is 1.98. The van der Waals surface area contributed by atoms with Crippen molar-refractivity contribution in [3.63, 3.8) is 0 Å². The van der Waals surface area contributed by atoms with Crippen molar-refractivity contribution in [1.29, 1.82) is 0 Å². The monoisotopic (exact) mass is 268 g/mol. The molecule has 0 aliphatic heterocycles. The smallest absolute Gasteiger partial charge is 0.156 e. The van der Waals surface area contributed by atoms with E-state index in [-0.39, 0.29) is 5.78 Å². The second-order valence-corrected chi connectivity index (χ2v) is 5.25. The van der Waals surface area contributed by atoms with Crippen LogP contribution in [0.5, 0.6) is 0 Å².